The summed E-state index contributed by atoms with van der Waals surface area (Å²) in [6.07, 6.45) is 1.39. The van der Waals surface area contributed by atoms with Gasteiger partial charge < -0.3 is 10.1 Å². The molecule has 4 rings (SSSR count). The van der Waals surface area contributed by atoms with Gasteiger partial charge in [-0.15, -0.1) is 0 Å². The van der Waals surface area contributed by atoms with Gasteiger partial charge in [0.1, 0.15) is 5.75 Å². The number of methoxy groups -OCH3 is 1. The van der Waals surface area contributed by atoms with Crippen LogP contribution >= 0.6 is 0 Å². The monoisotopic (exact) mass is 291 g/mol. The Kier molecular flexibility index (Phi) is 3.00. The van der Waals surface area contributed by atoms with E-state index in [9.17, 15) is 4.79 Å². The quantitative estimate of drug-likeness (QED) is 0.920. The normalized spacial score (nSPS) is 19.5. The van der Waals surface area contributed by atoms with Crippen molar-refractivity contribution in [1.82, 2.24) is 5.32 Å². The lowest BCUT2D eigenvalue weighted by atomic mass is 9.86. The molecule has 1 aliphatic heterocycles. The van der Waals surface area contributed by atoms with Crippen LogP contribution in [0.2, 0.25) is 0 Å². The van der Waals surface area contributed by atoms with Crippen LogP contribution in [0.4, 0.5) is 0 Å². The van der Waals surface area contributed by atoms with E-state index >= 15 is 0 Å². The third-order valence-corrected chi connectivity index (χ3v) is 4.55. The maximum Gasteiger partial charge on any atom is 0.224 e. The van der Waals surface area contributed by atoms with Crippen LogP contribution in [0.3, 0.4) is 0 Å². The number of amides is 1. The summed E-state index contributed by atoms with van der Waals surface area (Å²) in [4.78, 5) is 11.8. The van der Waals surface area contributed by atoms with E-state index in [-0.39, 0.29) is 11.8 Å². The van der Waals surface area contributed by atoms with Gasteiger partial charge in [-0.05, 0) is 35.3 Å². The zero-order valence-corrected chi connectivity index (χ0v) is 12.4. The van der Waals surface area contributed by atoms with Gasteiger partial charge in [0.15, 0.2) is 0 Å². The van der Waals surface area contributed by atoms with E-state index in [0.717, 1.165) is 23.4 Å². The summed E-state index contributed by atoms with van der Waals surface area (Å²) in [5, 5.41) is 3.07. The van der Waals surface area contributed by atoms with Crippen LogP contribution in [0.5, 0.6) is 5.75 Å². The fourth-order valence-corrected chi connectivity index (χ4v) is 3.53. The summed E-state index contributed by atoms with van der Waals surface area (Å²) in [6, 6.07) is 16.6. The van der Waals surface area contributed by atoms with E-state index in [4.69, 9.17) is 4.74 Å². The van der Waals surface area contributed by atoms with Gasteiger partial charge in [0.05, 0.1) is 7.11 Å². The molecule has 3 heteroatoms. The molecule has 0 fully saturated rings. The smallest absolute Gasteiger partial charge is 0.224 e. The van der Waals surface area contributed by atoms with E-state index in [1.165, 1.54) is 16.7 Å². The van der Waals surface area contributed by atoms with Gasteiger partial charge in [-0.1, -0.05) is 36.4 Å². The first-order chi connectivity index (χ1) is 10.8. The topological polar surface area (TPSA) is 38.3 Å². The molecular formula is C19H17NO2. The predicted octanol–water partition coefficient (Wildman–Crippen LogP) is 3.46. The van der Waals surface area contributed by atoms with Gasteiger partial charge in [-0.25, -0.2) is 0 Å². The highest BCUT2D eigenvalue weighted by atomic mass is 16.5. The molecule has 2 aromatic carbocycles. The van der Waals surface area contributed by atoms with Gasteiger partial charge in [0.25, 0.3) is 0 Å². The van der Waals surface area contributed by atoms with Crippen molar-refractivity contribution >= 4 is 11.6 Å². The van der Waals surface area contributed by atoms with Crippen molar-refractivity contribution < 1.29 is 9.53 Å². The minimum atomic E-state index is 0.115. The van der Waals surface area contributed by atoms with Crippen molar-refractivity contribution in [3.05, 3.63) is 70.8 Å². The Balaban J connectivity index is 1.85. The highest BCUT2D eigenvalue weighted by molar-refractivity contribution is 5.94. The second-order valence-electron chi connectivity index (χ2n) is 5.74. The maximum atomic E-state index is 11.8. The molecule has 3 nitrogen and oxygen atoms in total. The summed E-state index contributed by atoms with van der Waals surface area (Å²) < 4.78 is 5.25. The number of allylic oxidation sites excluding steroid dienone is 1. The Bertz CT molecular complexity index is 774. The molecule has 0 saturated heterocycles. The number of carbonyl (C=O) groups excluding carboxylic acids is 1. The fraction of sp³-hybridized carbons (Fsp3) is 0.211. The molecule has 0 saturated carbocycles. The first-order valence-corrected chi connectivity index (χ1v) is 7.54. The molecule has 1 heterocycles. The minimum absolute atomic E-state index is 0.115. The number of benzene rings is 2. The predicted molar refractivity (Wildman–Crippen MR) is 85.6 cm³/mol. The van der Waals surface area contributed by atoms with Crippen LogP contribution in [0.15, 0.2) is 54.1 Å². The molecule has 1 aliphatic carbocycles. The molecule has 1 atom stereocenters. The van der Waals surface area contributed by atoms with Crippen LogP contribution in [0.1, 0.15) is 35.4 Å². The molecule has 0 bridgehead atoms. The summed E-state index contributed by atoms with van der Waals surface area (Å²) in [5.74, 6) is 1.21. The fourth-order valence-electron chi connectivity index (χ4n) is 3.53. The lowest BCUT2D eigenvalue weighted by Gasteiger charge is -2.21. The first kappa shape index (κ1) is 13.1. The molecule has 1 unspecified atom stereocenters. The van der Waals surface area contributed by atoms with Crippen molar-refractivity contribution in [3.63, 3.8) is 0 Å². The third-order valence-electron chi connectivity index (χ3n) is 4.55. The lowest BCUT2D eigenvalue weighted by Crippen LogP contribution is -2.26. The van der Waals surface area contributed by atoms with E-state index in [2.05, 4.69) is 35.6 Å². The van der Waals surface area contributed by atoms with Gasteiger partial charge in [-0.2, -0.15) is 0 Å². The Morgan fingerprint density at radius 2 is 1.82 bits per heavy atom. The van der Waals surface area contributed by atoms with Crippen LogP contribution < -0.4 is 10.1 Å². The molecule has 0 spiro atoms. The highest BCUT2D eigenvalue weighted by Gasteiger charge is 2.35. The molecule has 1 amide bonds. The zero-order chi connectivity index (χ0) is 15.1. The van der Waals surface area contributed by atoms with Crippen LogP contribution in [-0.4, -0.2) is 13.0 Å². The van der Waals surface area contributed by atoms with E-state index in [0.29, 0.717) is 6.42 Å². The molecule has 22 heavy (non-hydrogen) atoms. The Morgan fingerprint density at radius 3 is 2.59 bits per heavy atom. The van der Waals surface area contributed by atoms with E-state index in [1.54, 1.807) is 7.11 Å². The Hall–Kier alpha value is -2.55. The number of ether oxygens (including phenoxy) is 1. The van der Waals surface area contributed by atoms with Gasteiger partial charge in [0, 0.05) is 23.6 Å². The van der Waals surface area contributed by atoms with Gasteiger partial charge in [-0.3, -0.25) is 4.79 Å². The van der Waals surface area contributed by atoms with E-state index < -0.39 is 0 Å². The summed E-state index contributed by atoms with van der Waals surface area (Å²) in [7, 11) is 1.68. The summed E-state index contributed by atoms with van der Waals surface area (Å²) in [5.41, 5.74) is 6.03. The van der Waals surface area contributed by atoms with Crippen molar-refractivity contribution in [2.75, 3.05) is 7.11 Å². The second kappa shape index (κ2) is 5.02. The van der Waals surface area contributed by atoms with Crippen molar-refractivity contribution in [2.45, 2.75) is 18.8 Å². The van der Waals surface area contributed by atoms with Crippen LogP contribution in [0.25, 0.3) is 5.70 Å². The molecule has 1 N–H and O–H groups in total. The SMILES string of the molecule is COc1ccc(C2C3=C(NC(=O)CC3)c3ccccc32)cc1. The summed E-state index contributed by atoms with van der Waals surface area (Å²) in [6.45, 7) is 0. The Morgan fingerprint density at radius 1 is 1.05 bits per heavy atom. The minimum Gasteiger partial charge on any atom is -0.497 e. The third kappa shape index (κ3) is 1.93. The lowest BCUT2D eigenvalue weighted by molar-refractivity contribution is -0.120. The molecule has 2 aromatic rings. The summed E-state index contributed by atoms with van der Waals surface area (Å²) >= 11 is 0. The van der Waals surface area contributed by atoms with E-state index in [1.807, 2.05) is 18.2 Å². The van der Waals surface area contributed by atoms with Crippen molar-refractivity contribution in [2.24, 2.45) is 0 Å². The molecular weight excluding hydrogens is 274 g/mol. The maximum absolute atomic E-state index is 11.8. The number of fused-ring (bicyclic) bond motifs is 2. The second-order valence-corrected chi connectivity index (χ2v) is 5.74. The molecule has 110 valence electrons. The number of rotatable bonds is 2. The van der Waals surface area contributed by atoms with Gasteiger partial charge >= 0.3 is 0 Å². The number of nitrogens with one attached hydrogen (secondary N) is 1. The number of carbonyl (C=O) groups is 1. The standard InChI is InChI=1S/C19H17NO2/c1-22-13-8-6-12(7-9-13)18-14-4-2-3-5-15(14)19-16(18)10-11-17(21)20-19/h2-9,18H,10-11H2,1H3,(H,20,21). The van der Waals surface area contributed by atoms with Crippen LogP contribution in [0, 0.1) is 0 Å². The Labute approximate surface area is 129 Å². The average Bonchev–Trinajstić information content (AvgIpc) is 2.89. The van der Waals surface area contributed by atoms with Gasteiger partial charge in [0.2, 0.25) is 5.91 Å². The molecule has 2 aliphatic rings. The van der Waals surface area contributed by atoms with Crippen LogP contribution in [-0.2, 0) is 4.79 Å². The molecule has 0 radical (unpaired) electrons. The van der Waals surface area contributed by atoms with Crippen molar-refractivity contribution in [3.8, 4) is 5.75 Å². The first-order valence-electron chi connectivity index (χ1n) is 7.54. The van der Waals surface area contributed by atoms with Crippen molar-refractivity contribution in [1.29, 1.82) is 0 Å². The highest BCUT2D eigenvalue weighted by Crippen LogP contribution is 2.47. The zero-order valence-electron chi connectivity index (χ0n) is 12.4. The molecule has 0 aromatic heterocycles. The number of hydrogen-bond acceptors (Lipinski definition) is 2. The number of hydrogen-bond donors (Lipinski definition) is 1. The average molecular weight is 291 g/mol. The largest absolute Gasteiger partial charge is 0.497 e.